The zero-order valence-corrected chi connectivity index (χ0v) is 25.2. The van der Waals surface area contributed by atoms with E-state index in [9.17, 15) is 24.8 Å². The first kappa shape index (κ1) is 31.6. The summed E-state index contributed by atoms with van der Waals surface area (Å²) in [7, 11) is 0. The third kappa shape index (κ3) is 8.13. The number of alkyl carbamates (subject to hydrolysis) is 1. The lowest BCUT2D eigenvalue weighted by atomic mass is 9.97. The molecular weight excluding hydrogens is 556 g/mol. The van der Waals surface area contributed by atoms with Gasteiger partial charge in [0.2, 0.25) is 5.91 Å². The molecule has 0 aliphatic heterocycles. The molecule has 3 amide bonds. The van der Waals surface area contributed by atoms with Crippen LogP contribution in [0, 0.1) is 18.3 Å². The number of carbonyl (C=O) groups excluding carboxylic acids is 3. The zero-order chi connectivity index (χ0) is 31.9. The lowest BCUT2D eigenvalue weighted by Crippen LogP contribution is -2.53. The van der Waals surface area contributed by atoms with Crippen LogP contribution >= 0.6 is 0 Å². The normalized spacial score (nSPS) is 12.4. The van der Waals surface area contributed by atoms with Crippen LogP contribution in [0.1, 0.15) is 43.5 Å². The highest BCUT2D eigenvalue weighted by Gasteiger charge is 2.37. The van der Waals surface area contributed by atoms with Gasteiger partial charge in [-0.25, -0.2) is 4.79 Å². The van der Waals surface area contributed by atoms with Crippen molar-refractivity contribution in [1.29, 1.82) is 5.26 Å². The van der Waals surface area contributed by atoms with E-state index in [4.69, 9.17) is 4.74 Å². The number of anilines is 1. The Morgan fingerprint density at radius 2 is 1.59 bits per heavy atom. The molecule has 0 fully saturated rings. The van der Waals surface area contributed by atoms with Crippen LogP contribution in [-0.4, -0.2) is 46.1 Å². The Kier molecular flexibility index (Phi) is 9.86. The molecule has 0 radical (unpaired) electrons. The third-order valence-corrected chi connectivity index (χ3v) is 6.95. The Bertz CT molecular complexity index is 1690. The van der Waals surface area contributed by atoms with Gasteiger partial charge in [-0.15, -0.1) is 0 Å². The third-order valence-electron chi connectivity index (χ3n) is 6.95. The van der Waals surface area contributed by atoms with E-state index in [-0.39, 0.29) is 12.2 Å². The van der Waals surface area contributed by atoms with Crippen molar-refractivity contribution < 1.29 is 24.2 Å². The molecule has 0 spiro atoms. The summed E-state index contributed by atoms with van der Waals surface area (Å²) in [5.74, 6) is -1.11. The summed E-state index contributed by atoms with van der Waals surface area (Å²) in [6.07, 6.45) is -0.799. The van der Waals surface area contributed by atoms with Crippen LogP contribution in [0.2, 0.25) is 0 Å². The number of aryl methyl sites for hydroxylation is 1. The lowest BCUT2D eigenvalue weighted by Gasteiger charge is -2.33. The van der Waals surface area contributed by atoms with Crippen LogP contribution < -0.4 is 10.6 Å². The summed E-state index contributed by atoms with van der Waals surface area (Å²) >= 11 is 0. The molecule has 3 N–H and O–H groups in total. The highest BCUT2D eigenvalue weighted by Crippen LogP contribution is 2.28. The van der Waals surface area contributed by atoms with E-state index in [2.05, 4.69) is 10.6 Å². The summed E-state index contributed by atoms with van der Waals surface area (Å²) < 4.78 is 5.44. The molecule has 0 saturated heterocycles. The maximum Gasteiger partial charge on any atom is 0.408 e. The molecule has 0 aromatic heterocycles. The zero-order valence-electron chi connectivity index (χ0n) is 25.2. The minimum atomic E-state index is -1.20. The Balaban J connectivity index is 1.74. The van der Waals surface area contributed by atoms with Crippen LogP contribution in [0.25, 0.3) is 10.8 Å². The minimum Gasteiger partial charge on any atom is -0.508 e. The highest BCUT2D eigenvalue weighted by molar-refractivity contribution is 6.00. The van der Waals surface area contributed by atoms with Crippen molar-refractivity contribution in [3.05, 3.63) is 108 Å². The predicted octanol–water partition coefficient (Wildman–Crippen LogP) is 6.02. The van der Waals surface area contributed by atoms with E-state index in [1.54, 1.807) is 51.1 Å². The van der Waals surface area contributed by atoms with E-state index in [1.807, 2.05) is 61.5 Å². The fourth-order valence-corrected chi connectivity index (χ4v) is 4.91. The molecular formula is C35H36N4O5. The van der Waals surface area contributed by atoms with Crippen molar-refractivity contribution in [3.8, 4) is 11.8 Å². The topological polar surface area (TPSA) is 132 Å². The monoisotopic (exact) mass is 592 g/mol. The average molecular weight is 593 g/mol. The number of hydrogen-bond donors (Lipinski definition) is 3. The molecule has 2 atom stereocenters. The molecule has 4 aromatic carbocycles. The molecule has 0 aliphatic carbocycles. The van der Waals surface area contributed by atoms with E-state index in [0.717, 1.165) is 16.3 Å². The fourth-order valence-electron chi connectivity index (χ4n) is 4.91. The van der Waals surface area contributed by atoms with Crippen LogP contribution in [0.5, 0.6) is 5.75 Å². The van der Waals surface area contributed by atoms with E-state index < -0.39 is 42.1 Å². The van der Waals surface area contributed by atoms with Gasteiger partial charge < -0.3 is 25.4 Å². The van der Waals surface area contributed by atoms with Crippen LogP contribution in [0.4, 0.5) is 10.5 Å². The fraction of sp³-hybridized carbons (Fsp3) is 0.257. The summed E-state index contributed by atoms with van der Waals surface area (Å²) in [6, 6.07) is 26.3. The van der Waals surface area contributed by atoms with E-state index >= 15 is 0 Å². The number of nitriles is 1. The number of carbonyl (C=O) groups is 3. The van der Waals surface area contributed by atoms with Gasteiger partial charge >= 0.3 is 6.09 Å². The number of aromatic hydroxyl groups is 1. The summed E-state index contributed by atoms with van der Waals surface area (Å²) in [4.78, 5) is 42.5. The summed E-state index contributed by atoms with van der Waals surface area (Å²) in [5.41, 5.74) is 1.63. The average Bonchev–Trinajstić information content (AvgIpc) is 2.97. The standard InChI is InChI=1S/C35H36N4O5/c1-23-9-5-8-12-29(23)31(32(41)37-27-16-15-25-10-6-7-11-26(25)22-27)39(20-19-36)33(42)30(38-34(43)44-35(2,3)4)21-24-13-17-28(40)18-14-24/h5-18,22,30-31,40H,20-21H2,1-4H3,(H,37,41)(H,38,43). The molecule has 226 valence electrons. The lowest BCUT2D eigenvalue weighted by molar-refractivity contribution is -0.140. The number of rotatable bonds is 9. The molecule has 44 heavy (non-hydrogen) atoms. The van der Waals surface area contributed by atoms with Crippen molar-refractivity contribution in [2.45, 2.75) is 51.8 Å². The quantitative estimate of drug-likeness (QED) is 0.204. The second-order valence-corrected chi connectivity index (χ2v) is 11.5. The second-order valence-electron chi connectivity index (χ2n) is 11.5. The Morgan fingerprint density at radius 1 is 0.932 bits per heavy atom. The first-order valence-corrected chi connectivity index (χ1v) is 14.3. The van der Waals surface area contributed by atoms with Gasteiger partial charge in [0.05, 0.1) is 6.07 Å². The Hall–Kier alpha value is -5.36. The number of nitrogens with zero attached hydrogens (tertiary/aromatic N) is 2. The van der Waals surface area contributed by atoms with E-state index in [0.29, 0.717) is 16.8 Å². The maximum absolute atomic E-state index is 14.3. The first-order valence-electron chi connectivity index (χ1n) is 14.3. The Morgan fingerprint density at radius 3 is 2.25 bits per heavy atom. The van der Waals surface area contributed by atoms with Gasteiger partial charge in [-0.1, -0.05) is 66.7 Å². The molecule has 4 aromatic rings. The molecule has 9 heteroatoms. The molecule has 0 bridgehead atoms. The maximum atomic E-state index is 14.3. The van der Waals surface area contributed by atoms with Gasteiger partial charge in [-0.3, -0.25) is 9.59 Å². The molecule has 2 unspecified atom stereocenters. The van der Waals surface area contributed by atoms with Crippen molar-refractivity contribution in [2.24, 2.45) is 0 Å². The minimum absolute atomic E-state index is 0.0209. The molecule has 4 rings (SSSR count). The van der Waals surface area contributed by atoms with Gasteiger partial charge in [0.1, 0.15) is 30.0 Å². The number of hydrogen-bond acceptors (Lipinski definition) is 6. The molecule has 9 nitrogen and oxygen atoms in total. The smallest absolute Gasteiger partial charge is 0.408 e. The predicted molar refractivity (Wildman–Crippen MR) is 169 cm³/mol. The van der Waals surface area contributed by atoms with Crippen molar-refractivity contribution in [1.82, 2.24) is 10.2 Å². The number of fused-ring (bicyclic) bond motifs is 1. The number of benzene rings is 4. The number of phenolic OH excluding ortho intramolecular Hbond substituents is 1. The Labute approximate surface area is 257 Å². The van der Waals surface area contributed by atoms with Gasteiger partial charge in [-0.05, 0) is 79.4 Å². The number of nitrogens with one attached hydrogen (secondary N) is 2. The van der Waals surface area contributed by atoms with Crippen LogP contribution in [0.15, 0.2) is 91.0 Å². The molecule has 0 saturated carbocycles. The molecule has 0 heterocycles. The largest absolute Gasteiger partial charge is 0.508 e. The van der Waals surface area contributed by atoms with Crippen LogP contribution in [-0.2, 0) is 20.7 Å². The molecule has 0 aliphatic rings. The number of ether oxygens (including phenoxy) is 1. The van der Waals surface area contributed by atoms with Gasteiger partial charge in [0.25, 0.3) is 5.91 Å². The van der Waals surface area contributed by atoms with Gasteiger partial charge in [0.15, 0.2) is 0 Å². The van der Waals surface area contributed by atoms with Crippen molar-refractivity contribution in [2.75, 3.05) is 11.9 Å². The summed E-state index contributed by atoms with van der Waals surface area (Å²) in [6.45, 7) is 6.52. The van der Waals surface area contributed by atoms with Gasteiger partial charge in [0, 0.05) is 12.1 Å². The van der Waals surface area contributed by atoms with Crippen molar-refractivity contribution >= 4 is 34.4 Å². The van der Waals surface area contributed by atoms with Gasteiger partial charge in [-0.2, -0.15) is 5.26 Å². The number of amides is 3. The SMILES string of the molecule is Cc1ccccc1C(C(=O)Nc1ccc2ccccc2c1)N(CC#N)C(=O)C(Cc1ccc(O)cc1)NC(=O)OC(C)(C)C. The van der Waals surface area contributed by atoms with Crippen molar-refractivity contribution in [3.63, 3.8) is 0 Å². The van der Waals surface area contributed by atoms with Crippen LogP contribution in [0.3, 0.4) is 0 Å². The van der Waals surface area contributed by atoms with E-state index in [1.165, 1.54) is 17.0 Å². The highest BCUT2D eigenvalue weighted by atomic mass is 16.6. The second kappa shape index (κ2) is 13.7. The first-order chi connectivity index (χ1) is 20.9. The number of phenols is 1. The summed E-state index contributed by atoms with van der Waals surface area (Å²) in [5, 5.41) is 27.1.